The fourth-order valence-corrected chi connectivity index (χ4v) is 6.20. The van der Waals surface area contributed by atoms with Gasteiger partial charge in [0.2, 0.25) is 0 Å². The number of phenolic OH excluding ortho intramolecular Hbond substituents is 1. The molecule has 2 aromatic rings. The number of piperidine rings is 1. The summed E-state index contributed by atoms with van der Waals surface area (Å²) in [6, 6.07) is 12.1. The molecule has 3 atom stereocenters. The molecule has 2 aliphatic carbocycles. The van der Waals surface area contributed by atoms with Crippen molar-refractivity contribution < 1.29 is 14.6 Å². The monoisotopic (exact) mass is 421 g/mol. The number of aromatic hydroxyl groups is 1. The van der Waals surface area contributed by atoms with Gasteiger partial charge in [-0.15, -0.1) is 0 Å². The van der Waals surface area contributed by atoms with Crippen molar-refractivity contribution >= 4 is 23.2 Å². The molecular formula is C25H31N3O3. The fraction of sp³-hybridized carbons (Fsp3) is 0.480. The number of benzene rings is 2. The van der Waals surface area contributed by atoms with Gasteiger partial charge in [0.1, 0.15) is 5.75 Å². The third-order valence-electron chi connectivity index (χ3n) is 7.47. The van der Waals surface area contributed by atoms with E-state index in [-0.39, 0.29) is 11.2 Å². The first-order valence-corrected chi connectivity index (χ1v) is 11.5. The number of carbonyl (C=O) groups is 1. The maximum atomic E-state index is 11.9. The molecule has 2 fully saturated rings. The molecule has 1 aliphatic heterocycles. The maximum absolute atomic E-state index is 11.9. The predicted octanol–water partition coefficient (Wildman–Crippen LogP) is 5.05. The smallest absolute Gasteiger partial charge is 0.411 e. The van der Waals surface area contributed by atoms with E-state index in [0.717, 1.165) is 19.4 Å². The summed E-state index contributed by atoms with van der Waals surface area (Å²) in [5.74, 6) is 0.940. The molecule has 4 N–H and O–H groups in total. The van der Waals surface area contributed by atoms with Gasteiger partial charge in [-0.1, -0.05) is 25.0 Å². The largest absolute Gasteiger partial charge is 0.506 e. The molecule has 164 valence electrons. The lowest BCUT2D eigenvalue weighted by molar-refractivity contribution is 0.0796. The number of carbonyl (C=O) groups excluding carboxylic acids is 1. The van der Waals surface area contributed by atoms with Crippen LogP contribution in [0.5, 0.6) is 5.75 Å². The maximum Gasteiger partial charge on any atom is 0.411 e. The lowest BCUT2D eigenvalue weighted by atomic mass is 9.53. The van der Waals surface area contributed by atoms with Gasteiger partial charge >= 0.3 is 6.09 Å². The second-order valence-corrected chi connectivity index (χ2v) is 9.07. The summed E-state index contributed by atoms with van der Waals surface area (Å²) in [5, 5.41) is 20.8. The van der Waals surface area contributed by atoms with Gasteiger partial charge in [-0.2, -0.15) is 0 Å². The summed E-state index contributed by atoms with van der Waals surface area (Å²) in [5.41, 5.74) is 4.89. The Kier molecular flexibility index (Phi) is 5.26. The number of nitrogens with one attached hydrogen (secondary N) is 3. The van der Waals surface area contributed by atoms with Crippen molar-refractivity contribution in [3.63, 3.8) is 0 Å². The molecule has 6 heteroatoms. The van der Waals surface area contributed by atoms with E-state index < -0.39 is 6.09 Å². The van der Waals surface area contributed by atoms with Crippen LogP contribution in [0, 0.1) is 5.92 Å². The molecule has 31 heavy (non-hydrogen) atoms. The third kappa shape index (κ3) is 3.53. The molecule has 5 rings (SSSR count). The lowest BCUT2D eigenvalue weighted by Crippen LogP contribution is -2.59. The number of ether oxygens (including phenoxy) is 1. The summed E-state index contributed by atoms with van der Waals surface area (Å²) >= 11 is 0. The number of hydrogen-bond donors (Lipinski definition) is 4. The van der Waals surface area contributed by atoms with Gasteiger partial charge in [0.15, 0.2) is 0 Å². The molecule has 0 unspecified atom stereocenters. The second-order valence-electron chi connectivity index (χ2n) is 9.07. The summed E-state index contributed by atoms with van der Waals surface area (Å²) in [4.78, 5) is 11.9. The highest BCUT2D eigenvalue weighted by Gasteiger charge is 2.51. The molecule has 1 heterocycles. The van der Waals surface area contributed by atoms with Crippen LogP contribution in [0.4, 0.5) is 21.9 Å². The van der Waals surface area contributed by atoms with Crippen molar-refractivity contribution in [2.24, 2.45) is 5.92 Å². The van der Waals surface area contributed by atoms with Crippen LogP contribution in [0.3, 0.4) is 0 Å². The lowest BCUT2D eigenvalue weighted by Gasteiger charge is -2.56. The Morgan fingerprint density at radius 1 is 1.19 bits per heavy atom. The minimum Gasteiger partial charge on any atom is -0.506 e. The number of fused-ring (bicyclic) bond motifs is 1. The molecule has 6 nitrogen and oxygen atoms in total. The zero-order valence-electron chi connectivity index (χ0n) is 18.0. The van der Waals surface area contributed by atoms with Gasteiger partial charge in [0, 0.05) is 11.5 Å². The number of anilines is 3. The van der Waals surface area contributed by atoms with Crippen molar-refractivity contribution in [2.75, 3.05) is 23.8 Å². The summed E-state index contributed by atoms with van der Waals surface area (Å²) in [7, 11) is 0. The quantitative estimate of drug-likeness (QED) is 0.519. The highest BCUT2D eigenvalue weighted by molar-refractivity contribution is 5.91. The molecule has 3 aliphatic rings. The number of amides is 1. The number of rotatable bonds is 4. The summed E-state index contributed by atoms with van der Waals surface area (Å²) in [6.07, 6.45) is 6.75. The van der Waals surface area contributed by atoms with Gasteiger partial charge in [-0.05, 0) is 80.5 Å². The van der Waals surface area contributed by atoms with E-state index in [4.69, 9.17) is 4.74 Å². The first kappa shape index (κ1) is 20.2. The van der Waals surface area contributed by atoms with E-state index in [1.54, 1.807) is 6.92 Å². The van der Waals surface area contributed by atoms with Crippen LogP contribution in [0.25, 0.3) is 0 Å². The minimum atomic E-state index is -0.493. The molecule has 0 aromatic heterocycles. The molecule has 1 saturated heterocycles. The number of phenols is 1. The Bertz CT molecular complexity index is 988. The molecule has 0 spiro atoms. The summed E-state index contributed by atoms with van der Waals surface area (Å²) < 4.78 is 5.01. The van der Waals surface area contributed by atoms with Crippen LogP contribution in [0.1, 0.15) is 50.2 Å². The van der Waals surface area contributed by atoms with E-state index in [1.807, 2.05) is 30.3 Å². The zero-order chi connectivity index (χ0) is 21.4. The molecule has 2 aromatic carbocycles. The van der Waals surface area contributed by atoms with E-state index in [9.17, 15) is 9.90 Å². The Morgan fingerprint density at radius 2 is 2.03 bits per heavy atom. The Morgan fingerprint density at radius 3 is 2.87 bits per heavy atom. The van der Waals surface area contributed by atoms with Crippen molar-refractivity contribution in [3.05, 3.63) is 47.5 Å². The first-order valence-electron chi connectivity index (χ1n) is 11.5. The molecule has 2 bridgehead atoms. The van der Waals surface area contributed by atoms with Crippen molar-refractivity contribution in [2.45, 2.75) is 56.9 Å². The molecular weight excluding hydrogens is 390 g/mol. The van der Waals surface area contributed by atoms with Crippen LogP contribution in [0.15, 0.2) is 36.4 Å². The number of hydrogen-bond acceptors (Lipinski definition) is 5. The van der Waals surface area contributed by atoms with Crippen LogP contribution in [0.2, 0.25) is 0 Å². The zero-order valence-corrected chi connectivity index (χ0v) is 18.0. The third-order valence-corrected chi connectivity index (χ3v) is 7.47. The second kappa shape index (κ2) is 8.08. The Hall–Kier alpha value is -2.73. The Balaban J connectivity index is 1.48. The van der Waals surface area contributed by atoms with E-state index in [2.05, 4.69) is 22.0 Å². The van der Waals surface area contributed by atoms with E-state index in [1.165, 1.54) is 36.8 Å². The minimum absolute atomic E-state index is 0.209. The SMILES string of the molecule is CCOC(=O)Nc1ccccc1Nc1cc2c(cc1O)[C@@]13CCCC[C@H]1[C@@H](C2)NCC3. The average molecular weight is 422 g/mol. The Labute approximate surface area is 183 Å². The van der Waals surface area contributed by atoms with Gasteiger partial charge in [0.25, 0.3) is 0 Å². The van der Waals surface area contributed by atoms with E-state index >= 15 is 0 Å². The van der Waals surface area contributed by atoms with Crippen molar-refractivity contribution in [1.82, 2.24) is 5.32 Å². The standard InChI is InChI=1S/C25H31N3O3/c1-2-31-24(30)28-20-9-4-3-8-19(20)27-22-14-16-13-21-17-7-5-6-10-25(17,11-12-26-21)18(16)15-23(22)29/h3-4,8-9,14-15,17,21,26-27,29H,2,5-7,10-13H2,1H3,(H,28,30)/t17-,21+,25+/m0/s1. The topological polar surface area (TPSA) is 82.6 Å². The van der Waals surface area contributed by atoms with Gasteiger partial charge in [0.05, 0.1) is 23.7 Å². The fourth-order valence-electron chi connectivity index (χ4n) is 6.20. The number of para-hydroxylation sites is 2. The molecule has 1 saturated carbocycles. The molecule has 0 radical (unpaired) electrons. The van der Waals surface area contributed by atoms with Crippen LogP contribution in [-0.2, 0) is 16.6 Å². The van der Waals surface area contributed by atoms with E-state index in [0.29, 0.717) is 35.6 Å². The summed E-state index contributed by atoms with van der Waals surface area (Å²) in [6.45, 7) is 3.15. The highest BCUT2D eigenvalue weighted by Crippen LogP contribution is 2.55. The van der Waals surface area contributed by atoms with Gasteiger partial charge < -0.3 is 20.5 Å². The van der Waals surface area contributed by atoms with Crippen molar-refractivity contribution in [3.8, 4) is 5.75 Å². The normalized spacial score (nSPS) is 26.4. The predicted molar refractivity (Wildman–Crippen MR) is 122 cm³/mol. The molecule has 1 amide bonds. The average Bonchev–Trinajstić information content (AvgIpc) is 2.76. The van der Waals surface area contributed by atoms with Gasteiger partial charge in [-0.3, -0.25) is 5.32 Å². The van der Waals surface area contributed by atoms with Gasteiger partial charge in [-0.25, -0.2) is 4.79 Å². The van der Waals surface area contributed by atoms with Crippen molar-refractivity contribution in [1.29, 1.82) is 0 Å². The van der Waals surface area contributed by atoms with Crippen LogP contribution >= 0.6 is 0 Å². The van der Waals surface area contributed by atoms with Crippen LogP contribution < -0.4 is 16.0 Å². The highest BCUT2D eigenvalue weighted by atomic mass is 16.5. The van der Waals surface area contributed by atoms with Crippen LogP contribution in [-0.4, -0.2) is 30.4 Å². The first-order chi connectivity index (χ1) is 15.1.